The van der Waals surface area contributed by atoms with Crippen molar-refractivity contribution < 1.29 is 13.9 Å². The van der Waals surface area contributed by atoms with E-state index in [4.69, 9.17) is 9.47 Å². The van der Waals surface area contributed by atoms with E-state index in [-0.39, 0.29) is 12.1 Å². The lowest BCUT2D eigenvalue weighted by molar-refractivity contribution is 0.169. The summed E-state index contributed by atoms with van der Waals surface area (Å²) in [7, 11) is 1.61. The molecule has 3 aromatic rings. The number of rotatable bonds is 4. The van der Waals surface area contributed by atoms with Crippen LogP contribution in [0.4, 0.5) is 10.3 Å². The molecular formula is C20H19FN4O3. The molecule has 0 aliphatic carbocycles. The third-order valence-corrected chi connectivity index (χ3v) is 4.64. The summed E-state index contributed by atoms with van der Waals surface area (Å²) in [5.74, 6) is 0.799. The second-order valence-corrected chi connectivity index (χ2v) is 6.40. The highest BCUT2D eigenvalue weighted by molar-refractivity contribution is 5.64. The van der Waals surface area contributed by atoms with E-state index >= 15 is 0 Å². The van der Waals surface area contributed by atoms with Crippen LogP contribution in [0.15, 0.2) is 41.5 Å². The van der Waals surface area contributed by atoms with Crippen LogP contribution in [0.25, 0.3) is 11.1 Å². The number of hydrogen-bond donors (Lipinski definition) is 1. The highest BCUT2D eigenvalue weighted by Gasteiger charge is 2.20. The molecule has 0 spiro atoms. The zero-order valence-corrected chi connectivity index (χ0v) is 15.5. The molecule has 0 unspecified atom stereocenters. The van der Waals surface area contributed by atoms with E-state index in [1.165, 1.54) is 16.8 Å². The number of aromatic nitrogens is 3. The van der Waals surface area contributed by atoms with E-state index in [0.717, 1.165) is 11.3 Å². The highest BCUT2D eigenvalue weighted by atomic mass is 19.1. The summed E-state index contributed by atoms with van der Waals surface area (Å²) in [4.78, 5) is 21.3. The van der Waals surface area contributed by atoms with Crippen LogP contribution >= 0.6 is 0 Å². The Labute approximate surface area is 160 Å². The van der Waals surface area contributed by atoms with Gasteiger partial charge in [-0.15, -0.1) is 0 Å². The minimum atomic E-state index is -0.413. The maximum Gasteiger partial charge on any atom is 0.262 e. The average molecular weight is 382 g/mol. The normalized spacial score (nSPS) is 12.7. The number of halogens is 1. The molecule has 1 aromatic carbocycles. The van der Waals surface area contributed by atoms with E-state index in [2.05, 4.69) is 15.3 Å². The van der Waals surface area contributed by atoms with Crippen LogP contribution in [0.5, 0.6) is 11.5 Å². The lowest BCUT2D eigenvalue weighted by Crippen LogP contribution is -2.24. The molecule has 7 nitrogen and oxygen atoms in total. The van der Waals surface area contributed by atoms with E-state index in [1.807, 2.05) is 13.0 Å². The molecule has 3 heterocycles. The van der Waals surface area contributed by atoms with Gasteiger partial charge in [0.1, 0.15) is 19.0 Å². The smallest absolute Gasteiger partial charge is 0.262 e. The number of nitrogens with one attached hydrogen (secondary N) is 1. The number of hydrogen-bond acceptors (Lipinski definition) is 6. The van der Waals surface area contributed by atoms with Gasteiger partial charge in [0.05, 0.1) is 11.1 Å². The Hall–Kier alpha value is -3.42. The zero-order valence-electron chi connectivity index (χ0n) is 15.5. The van der Waals surface area contributed by atoms with Crippen molar-refractivity contribution in [2.75, 3.05) is 18.5 Å². The predicted molar refractivity (Wildman–Crippen MR) is 102 cm³/mol. The van der Waals surface area contributed by atoms with Gasteiger partial charge in [0.2, 0.25) is 5.95 Å². The Morgan fingerprint density at radius 2 is 2.00 bits per heavy atom. The summed E-state index contributed by atoms with van der Waals surface area (Å²) in [6.07, 6.45) is 3.18. The quantitative estimate of drug-likeness (QED) is 0.748. The Morgan fingerprint density at radius 1 is 1.18 bits per heavy atom. The van der Waals surface area contributed by atoms with Gasteiger partial charge in [-0.1, -0.05) is 6.07 Å². The number of nitrogens with zero attached hydrogens (tertiary/aromatic N) is 3. The van der Waals surface area contributed by atoms with Gasteiger partial charge in [-0.2, -0.15) is 0 Å². The predicted octanol–water partition coefficient (Wildman–Crippen LogP) is 2.67. The van der Waals surface area contributed by atoms with E-state index in [9.17, 15) is 9.18 Å². The van der Waals surface area contributed by atoms with E-state index < -0.39 is 5.82 Å². The first-order chi connectivity index (χ1) is 13.6. The number of benzene rings is 1. The minimum absolute atomic E-state index is 0.101. The number of anilines is 1. The SMILES string of the molecule is Cc1ncccc1-c1cnc(NCc2c(F)ccc3c2OCCO3)n(C)c1=O. The van der Waals surface area contributed by atoms with Crippen LogP contribution in [0.3, 0.4) is 0 Å². The van der Waals surface area contributed by atoms with Gasteiger partial charge in [-0.25, -0.2) is 9.37 Å². The maximum atomic E-state index is 14.3. The van der Waals surface area contributed by atoms with Crippen molar-refractivity contribution in [3.63, 3.8) is 0 Å². The van der Waals surface area contributed by atoms with Gasteiger partial charge in [0, 0.05) is 37.2 Å². The second kappa shape index (κ2) is 7.30. The molecule has 1 aliphatic heterocycles. The fourth-order valence-corrected chi connectivity index (χ4v) is 3.14. The molecule has 1 aliphatic rings. The van der Waals surface area contributed by atoms with Gasteiger partial charge >= 0.3 is 0 Å². The molecule has 28 heavy (non-hydrogen) atoms. The molecule has 0 amide bonds. The standard InChI is InChI=1S/C20H19FN4O3/c1-12-13(4-3-7-22-12)14-10-23-20(25(2)19(14)26)24-11-15-16(21)5-6-17-18(15)28-9-8-27-17/h3-7,10H,8-9,11H2,1-2H3,(H,23,24). The van der Waals surface area contributed by atoms with Gasteiger partial charge in [-0.3, -0.25) is 14.3 Å². The third-order valence-electron chi connectivity index (χ3n) is 4.64. The van der Waals surface area contributed by atoms with Crippen LogP contribution in [0.2, 0.25) is 0 Å². The fraction of sp³-hybridized carbons (Fsp3) is 0.250. The summed E-state index contributed by atoms with van der Waals surface area (Å²) in [6, 6.07) is 6.49. The minimum Gasteiger partial charge on any atom is -0.486 e. The monoisotopic (exact) mass is 382 g/mol. The topological polar surface area (TPSA) is 78.3 Å². The molecule has 0 bridgehead atoms. The van der Waals surface area contributed by atoms with Gasteiger partial charge in [0.15, 0.2) is 11.5 Å². The van der Waals surface area contributed by atoms with Crippen molar-refractivity contribution in [3.05, 3.63) is 64.1 Å². The van der Waals surface area contributed by atoms with Crippen molar-refractivity contribution in [2.45, 2.75) is 13.5 Å². The molecule has 0 radical (unpaired) electrons. The molecule has 0 fully saturated rings. The van der Waals surface area contributed by atoms with E-state index in [1.54, 1.807) is 25.4 Å². The molecule has 1 N–H and O–H groups in total. The Bertz CT molecular complexity index is 1100. The van der Waals surface area contributed by atoms with Crippen LogP contribution in [-0.4, -0.2) is 27.7 Å². The van der Waals surface area contributed by atoms with Gasteiger partial charge in [-0.05, 0) is 25.1 Å². The van der Waals surface area contributed by atoms with Crippen molar-refractivity contribution in [1.82, 2.24) is 14.5 Å². The maximum absolute atomic E-state index is 14.3. The first-order valence-electron chi connectivity index (χ1n) is 8.85. The largest absolute Gasteiger partial charge is 0.486 e. The van der Waals surface area contributed by atoms with Crippen molar-refractivity contribution in [1.29, 1.82) is 0 Å². The Kier molecular flexibility index (Phi) is 4.68. The van der Waals surface area contributed by atoms with Gasteiger partial charge in [0.25, 0.3) is 5.56 Å². The second-order valence-electron chi connectivity index (χ2n) is 6.40. The van der Waals surface area contributed by atoms with Crippen LogP contribution in [0, 0.1) is 12.7 Å². The van der Waals surface area contributed by atoms with E-state index in [0.29, 0.717) is 41.8 Å². The summed E-state index contributed by atoms with van der Waals surface area (Å²) >= 11 is 0. The highest BCUT2D eigenvalue weighted by Crippen LogP contribution is 2.35. The first kappa shape index (κ1) is 18.0. The Morgan fingerprint density at radius 3 is 2.82 bits per heavy atom. The van der Waals surface area contributed by atoms with Gasteiger partial charge < -0.3 is 14.8 Å². The van der Waals surface area contributed by atoms with Crippen molar-refractivity contribution in [3.8, 4) is 22.6 Å². The van der Waals surface area contributed by atoms with Crippen LogP contribution in [-0.2, 0) is 13.6 Å². The molecule has 4 rings (SSSR count). The first-order valence-corrected chi connectivity index (χ1v) is 8.85. The summed E-state index contributed by atoms with van der Waals surface area (Å²) in [6.45, 7) is 2.73. The number of fused-ring (bicyclic) bond motifs is 1. The summed E-state index contributed by atoms with van der Waals surface area (Å²) in [5, 5.41) is 3.01. The molecule has 144 valence electrons. The zero-order chi connectivity index (χ0) is 19.7. The number of pyridine rings is 1. The van der Waals surface area contributed by atoms with Crippen molar-refractivity contribution >= 4 is 5.95 Å². The molecule has 0 atom stereocenters. The van der Waals surface area contributed by atoms with Crippen molar-refractivity contribution in [2.24, 2.45) is 7.05 Å². The molecule has 0 saturated heterocycles. The van der Waals surface area contributed by atoms with Crippen LogP contribution in [0.1, 0.15) is 11.3 Å². The lowest BCUT2D eigenvalue weighted by atomic mass is 10.1. The average Bonchev–Trinajstić information content (AvgIpc) is 2.71. The summed E-state index contributed by atoms with van der Waals surface area (Å²) < 4.78 is 26.8. The third kappa shape index (κ3) is 3.17. The molecule has 2 aromatic heterocycles. The fourth-order valence-electron chi connectivity index (χ4n) is 3.14. The lowest BCUT2D eigenvalue weighted by Gasteiger charge is -2.22. The molecular weight excluding hydrogens is 363 g/mol. The number of aryl methyl sites for hydroxylation is 1. The van der Waals surface area contributed by atoms with Crippen LogP contribution < -0.4 is 20.3 Å². The number of ether oxygens (including phenoxy) is 2. The summed E-state index contributed by atoms with van der Waals surface area (Å²) in [5.41, 5.74) is 2.05. The Balaban J connectivity index is 1.63. The molecule has 8 heteroatoms. The molecule has 0 saturated carbocycles.